The Hall–Kier alpha value is -3.26. The van der Waals surface area contributed by atoms with Crippen LogP contribution >= 0.6 is 0 Å². The van der Waals surface area contributed by atoms with Gasteiger partial charge < -0.3 is 14.2 Å². The molecular formula is C21H19N3O2. The van der Waals surface area contributed by atoms with Gasteiger partial charge in [-0.2, -0.15) is 0 Å². The van der Waals surface area contributed by atoms with E-state index in [1.807, 2.05) is 53.1 Å². The van der Waals surface area contributed by atoms with Gasteiger partial charge in [-0.15, -0.1) is 6.42 Å². The van der Waals surface area contributed by atoms with Crippen LogP contribution in [0, 0.1) is 12.3 Å². The van der Waals surface area contributed by atoms with E-state index in [1.54, 1.807) is 12.0 Å². The van der Waals surface area contributed by atoms with Crippen molar-refractivity contribution in [2.45, 2.75) is 18.9 Å². The molecule has 0 aliphatic carbocycles. The van der Waals surface area contributed by atoms with Crippen LogP contribution in [0.2, 0.25) is 0 Å². The Labute approximate surface area is 152 Å². The number of benzene rings is 2. The topological polar surface area (TPSA) is 47.4 Å². The monoisotopic (exact) mass is 345 g/mol. The molecule has 1 amide bonds. The van der Waals surface area contributed by atoms with Crippen LogP contribution in [0.5, 0.6) is 5.75 Å². The quantitative estimate of drug-likeness (QED) is 0.682. The minimum Gasteiger partial charge on any atom is -0.495 e. The van der Waals surface area contributed by atoms with E-state index < -0.39 is 0 Å². The van der Waals surface area contributed by atoms with Crippen molar-refractivity contribution >= 4 is 22.6 Å². The molecule has 26 heavy (non-hydrogen) atoms. The van der Waals surface area contributed by atoms with Crippen LogP contribution in [0.4, 0.5) is 5.69 Å². The summed E-state index contributed by atoms with van der Waals surface area (Å²) in [6, 6.07) is 15.5. The lowest BCUT2D eigenvalue weighted by Gasteiger charge is -2.19. The maximum absolute atomic E-state index is 12.7. The zero-order valence-corrected chi connectivity index (χ0v) is 14.6. The number of para-hydroxylation sites is 4. The van der Waals surface area contributed by atoms with E-state index in [0.29, 0.717) is 25.3 Å². The molecule has 0 radical (unpaired) electrons. The molecule has 5 heteroatoms. The molecule has 0 bridgehead atoms. The third-order valence-corrected chi connectivity index (χ3v) is 4.80. The molecule has 130 valence electrons. The van der Waals surface area contributed by atoms with Gasteiger partial charge in [0.1, 0.15) is 11.6 Å². The fraction of sp³-hybridized carbons (Fsp3) is 0.238. The average Bonchev–Trinajstić information content (AvgIpc) is 3.23. The van der Waals surface area contributed by atoms with Crippen molar-refractivity contribution in [2.24, 2.45) is 0 Å². The van der Waals surface area contributed by atoms with Crippen molar-refractivity contribution in [3.63, 3.8) is 0 Å². The number of imidazole rings is 1. The fourth-order valence-electron chi connectivity index (χ4n) is 3.63. The number of fused-ring (bicyclic) bond motifs is 1. The first-order valence-corrected chi connectivity index (χ1v) is 8.55. The second-order valence-corrected chi connectivity index (χ2v) is 6.33. The van der Waals surface area contributed by atoms with Crippen LogP contribution in [0.25, 0.3) is 11.0 Å². The van der Waals surface area contributed by atoms with Crippen molar-refractivity contribution in [3.05, 3.63) is 54.4 Å². The first kappa shape index (κ1) is 16.2. The van der Waals surface area contributed by atoms with E-state index in [9.17, 15) is 4.79 Å². The second-order valence-electron chi connectivity index (χ2n) is 6.33. The maximum atomic E-state index is 12.7. The van der Waals surface area contributed by atoms with Gasteiger partial charge in [0.2, 0.25) is 5.91 Å². The van der Waals surface area contributed by atoms with E-state index in [2.05, 4.69) is 5.92 Å². The number of anilines is 1. The SMILES string of the molecule is C#CCn1c(C2CC(=O)N(c3ccccc3OC)C2)nc2ccccc21. The molecule has 0 saturated carbocycles. The van der Waals surface area contributed by atoms with E-state index in [-0.39, 0.29) is 11.8 Å². The predicted octanol–water partition coefficient (Wildman–Crippen LogP) is 3.20. The number of nitrogens with zero attached hydrogens (tertiary/aromatic N) is 3. The lowest BCUT2D eigenvalue weighted by Crippen LogP contribution is -2.25. The van der Waals surface area contributed by atoms with E-state index >= 15 is 0 Å². The van der Waals surface area contributed by atoms with Gasteiger partial charge in [-0.3, -0.25) is 4.79 Å². The molecule has 1 aliphatic rings. The predicted molar refractivity (Wildman–Crippen MR) is 101 cm³/mol. The Balaban J connectivity index is 1.73. The summed E-state index contributed by atoms with van der Waals surface area (Å²) >= 11 is 0. The molecule has 0 spiro atoms. The van der Waals surface area contributed by atoms with Gasteiger partial charge in [-0.25, -0.2) is 4.98 Å². The highest BCUT2D eigenvalue weighted by atomic mass is 16.5. The molecule has 1 saturated heterocycles. The minimum absolute atomic E-state index is 0.00633. The minimum atomic E-state index is -0.00633. The molecule has 4 rings (SSSR count). The number of aromatic nitrogens is 2. The molecule has 0 N–H and O–H groups in total. The summed E-state index contributed by atoms with van der Waals surface area (Å²) in [6.45, 7) is 1.00. The summed E-state index contributed by atoms with van der Waals surface area (Å²) in [6.07, 6.45) is 5.98. The number of hydrogen-bond acceptors (Lipinski definition) is 3. The number of carbonyl (C=O) groups excluding carboxylic acids is 1. The highest BCUT2D eigenvalue weighted by Crippen LogP contribution is 2.36. The van der Waals surface area contributed by atoms with Crippen LogP contribution in [-0.2, 0) is 11.3 Å². The number of hydrogen-bond donors (Lipinski definition) is 0. The molecule has 1 unspecified atom stereocenters. The number of terminal acetylenes is 1. The van der Waals surface area contributed by atoms with E-state index in [0.717, 1.165) is 22.5 Å². The Morgan fingerprint density at radius 3 is 2.81 bits per heavy atom. The summed E-state index contributed by atoms with van der Waals surface area (Å²) in [5.41, 5.74) is 2.70. The van der Waals surface area contributed by atoms with Gasteiger partial charge in [0.05, 0.1) is 30.4 Å². The van der Waals surface area contributed by atoms with Gasteiger partial charge in [0.15, 0.2) is 0 Å². The van der Waals surface area contributed by atoms with Crippen LogP contribution in [-0.4, -0.2) is 29.1 Å². The highest BCUT2D eigenvalue weighted by molar-refractivity contribution is 5.97. The average molecular weight is 345 g/mol. The fourth-order valence-corrected chi connectivity index (χ4v) is 3.63. The number of methoxy groups -OCH3 is 1. The summed E-state index contributed by atoms with van der Waals surface area (Å²) < 4.78 is 7.46. The Bertz CT molecular complexity index is 1020. The van der Waals surface area contributed by atoms with Gasteiger partial charge in [-0.1, -0.05) is 30.2 Å². The summed E-state index contributed by atoms with van der Waals surface area (Å²) in [5.74, 6) is 4.33. The van der Waals surface area contributed by atoms with Crippen molar-refractivity contribution < 1.29 is 9.53 Å². The smallest absolute Gasteiger partial charge is 0.227 e. The third kappa shape index (κ3) is 2.60. The summed E-state index contributed by atoms with van der Waals surface area (Å²) in [4.78, 5) is 19.3. The molecule has 3 aromatic rings. The van der Waals surface area contributed by atoms with Crippen molar-refractivity contribution in [1.82, 2.24) is 9.55 Å². The summed E-state index contributed by atoms with van der Waals surface area (Å²) in [5, 5.41) is 0. The second kappa shape index (κ2) is 6.57. The molecular weight excluding hydrogens is 326 g/mol. The lowest BCUT2D eigenvalue weighted by atomic mass is 10.1. The number of carbonyl (C=O) groups is 1. The van der Waals surface area contributed by atoms with Crippen LogP contribution < -0.4 is 9.64 Å². The van der Waals surface area contributed by atoms with Gasteiger partial charge in [0.25, 0.3) is 0 Å². The molecule has 1 aromatic heterocycles. The van der Waals surface area contributed by atoms with E-state index in [1.165, 1.54) is 0 Å². The van der Waals surface area contributed by atoms with Crippen molar-refractivity contribution in [3.8, 4) is 18.1 Å². The van der Waals surface area contributed by atoms with Crippen LogP contribution in [0.3, 0.4) is 0 Å². The molecule has 1 atom stereocenters. The number of amides is 1. The van der Waals surface area contributed by atoms with Gasteiger partial charge >= 0.3 is 0 Å². The first-order valence-electron chi connectivity index (χ1n) is 8.55. The third-order valence-electron chi connectivity index (χ3n) is 4.80. The summed E-state index contributed by atoms with van der Waals surface area (Å²) in [7, 11) is 1.61. The van der Waals surface area contributed by atoms with Crippen LogP contribution in [0.15, 0.2) is 48.5 Å². The molecule has 1 aliphatic heterocycles. The number of ether oxygens (including phenoxy) is 1. The largest absolute Gasteiger partial charge is 0.495 e. The van der Waals surface area contributed by atoms with Gasteiger partial charge in [-0.05, 0) is 24.3 Å². The van der Waals surface area contributed by atoms with E-state index in [4.69, 9.17) is 16.1 Å². The normalized spacial score (nSPS) is 16.8. The highest BCUT2D eigenvalue weighted by Gasteiger charge is 2.35. The molecule has 2 aromatic carbocycles. The first-order chi connectivity index (χ1) is 12.7. The Kier molecular flexibility index (Phi) is 4.10. The Morgan fingerprint density at radius 2 is 2.00 bits per heavy atom. The molecule has 1 fully saturated rings. The zero-order valence-electron chi connectivity index (χ0n) is 14.6. The van der Waals surface area contributed by atoms with Crippen LogP contribution in [0.1, 0.15) is 18.2 Å². The standard InChI is InChI=1S/C21H19N3O2/c1-3-12-23-17-9-5-4-8-16(17)22-21(23)15-13-20(25)24(14-15)18-10-6-7-11-19(18)26-2/h1,4-11,15H,12-14H2,2H3. The van der Waals surface area contributed by atoms with Crippen molar-refractivity contribution in [2.75, 3.05) is 18.6 Å². The molecule has 5 nitrogen and oxygen atoms in total. The lowest BCUT2D eigenvalue weighted by molar-refractivity contribution is -0.117. The number of rotatable bonds is 4. The van der Waals surface area contributed by atoms with Gasteiger partial charge in [0, 0.05) is 18.9 Å². The Morgan fingerprint density at radius 1 is 1.23 bits per heavy atom. The zero-order chi connectivity index (χ0) is 18.1. The molecule has 2 heterocycles. The van der Waals surface area contributed by atoms with Crippen molar-refractivity contribution in [1.29, 1.82) is 0 Å². The maximum Gasteiger partial charge on any atom is 0.227 e.